The predicted molar refractivity (Wildman–Crippen MR) is 101 cm³/mol. The molecule has 0 atom stereocenters. The van der Waals surface area contributed by atoms with Crippen molar-refractivity contribution in [3.63, 3.8) is 0 Å². The van der Waals surface area contributed by atoms with Gasteiger partial charge in [-0.15, -0.1) is 0 Å². The topological polar surface area (TPSA) is 68.5 Å². The first kappa shape index (κ1) is 17.9. The molecule has 0 saturated carbocycles. The number of amides is 1. The number of ether oxygens (including phenoxy) is 1. The molecular formula is C19H19ClN4O2. The number of methoxy groups -OCH3 is 1. The predicted octanol–water partition coefficient (Wildman–Crippen LogP) is 3.34. The molecule has 134 valence electrons. The van der Waals surface area contributed by atoms with Crippen LogP contribution in [0.5, 0.6) is 5.75 Å². The van der Waals surface area contributed by atoms with Gasteiger partial charge in [0, 0.05) is 29.6 Å². The van der Waals surface area contributed by atoms with E-state index in [1.54, 1.807) is 19.4 Å². The van der Waals surface area contributed by atoms with Crippen LogP contribution in [0.15, 0.2) is 36.7 Å². The molecule has 0 bridgehead atoms. The fourth-order valence-electron chi connectivity index (χ4n) is 2.77. The van der Waals surface area contributed by atoms with Crippen molar-refractivity contribution in [1.82, 2.24) is 19.7 Å². The van der Waals surface area contributed by atoms with Crippen molar-refractivity contribution in [2.45, 2.75) is 20.4 Å². The van der Waals surface area contributed by atoms with Crippen LogP contribution in [0.4, 0.5) is 0 Å². The number of fused-ring (bicyclic) bond motifs is 1. The van der Waals surface area contributed by atoms with E-state index >= 15 is 0 Å². The van der Waals surface area contributed by atoms with E-state index < -0.39 is 0 Å². The molecule has 26 heavy (non-hydrogen) atoms. The maximum absolute atomic E-state index is 12.2. The minimum atomic E-state index is -0.243. The van der Waals surface area contributed by atoms with E-state index in [9.17, 15) is 4.79 Å². The summed E-state index contributed by atoms with van der Waals surface area (Å²) in [6, 6.07) is 5.61. The van der Waals surface area contributed by atoms with Gasteiger partial charge in [0.25, 0.3) is 0 Å². The van der Waals surface area contributed by atoms with Crippen molar-refractivity contribution in [1.29, 1.82) is 0 Å². The maximum atomic E-state index is 12.2. The Morgan fingerprint density at radius 2 is 2.19 bits per heavy atom. The van der Waals surface area contributed by atoms with Crippen LogP contribution in [0.1, 0.15) is 22.5 Å². The summed E-state index contributed by atoms with van der Waals surface area (Å²) in [7, 11) is 1.63. The molecule has 0 fully saturated rings. The highest BCUT2D eigenvalue weighted by Gasteiger charge is 2.10. The third kappa shape index (κ3) is 3.55. The Balaban J connectivity index is 1.71. The van der Waals surface area contributed by atoms with Gasteiger partial charge in [-0.3, -0.25) is 14.2 Å². The molecule has 0 aromatic carbocycles. The van der Waals surface area contributed by atoms with Crippen molar-refractivity contribution in [2.75, 3.05) is 7.11 Å². The summed E-state index contributed by atoms with van der Waals surface area (Å²) in [6.45, 7) is 4.17. The maximum Gasteiger partial charge on any atom is 0.244 e. The number of aryl methyl sites for hydroxylation is 1. The third-order valence-electron chi connectivity index (χ3n) is 4.09. The van der Waals surface area contributed by atoms with Gasteiger partial charge >= 0.3 is 0 Å². The van der Waals surface area contributed by atoms with Gasteiger partial charge < -0.3 is 10.1 Å². The van der Waals surface area contributed by atoms with E-state index in [2.05, 4.69) is 15.3 Å². The molecular weight excluding hydrogens is 352 g/mol. The molecule has 0 aliphatic heterocycles. The van der Waals surface area contributed by atoms with Gasteiger partial charge in [0.15, 0.2) is 5.15 Å². The summed E-state index contributed by atoms with van der Waals surface area (Å²) < 4.78 is 7.20. The summed E-state index contributed by atoms with van der Waals surface area (Å²) >= 11 is 6.15. The Kier molecular flexibility index (Phi) is 5.23. The van der Waals surface area contributed by atoms with E-state index in [1.165, 1.54) is 6.08 Å². The Morgan fingerprint density at radius 1 is 1.38 bits per heavy atom. The summed E-state index contributed by atoms with van der Waals surface area (Å²) in [5.41, 5.74) is 4.03. The van der Waals surface area contributed by atoms with Gasteiger partial charge in [-0.1, -0.05) is 17.7 Å². The monoisotopic (exact) mass is 370 g/mol. The molecule has 1 amide bonds. The Morgan fingerprint density at radius 3 is 2.96 bits per heavy atom. The average molecular weight is 371 g/mol. The SMILES string of the molecule is COc1c(C)cnc(CNC(=O)/C=C/c2c(Cl)nc3ccccn23)c1C. The molecule has 3 aromatic rings. The number of imidazole rings is 1. The number of nitrogens with zero attached hydrogens (tertiary/aromatic N) is 3. The Bertz CT molecular complexity index is 995. The van der Waals surface area contributed by atoms with Gasteiger partial charge in [-0.2, -0.15) is 0 Å². The summed E-state index contributed by atoms with van der Waals surface area (Å²) in [6.07, 6.45) is 6.66. The van der Waals surface area contributed by atoms with Crippen LogP contribution >= 0.6 is 11.6 Å². The number of carbonyl (C=O) groups excluding carboxylic acids is 1. The van der Waals surface area contributed by atoms with Gasteiger partial charge in [0.1, 0.15) is 11.4 Å². The second-order valence-corrected chi connectivity index (χ2v) is 6.17. The average Bonchev–Trinajstić information content (AvgIpc) is 2.95. The molecule has 3 rings (SSSR count). The number of hydrogen-bond donors (Lipinski definition) is 1. The molecule has 0 aliphatic rings. The molecule has 0 saturated heterocycles. The quantitative estimate of drug-likeness (QED) is 0.699. The lowest BCUT2D eigenvalue weighted by Crippen LogP contribution is -2.21. The Hall–Kier alpha value is -2.86. The molecule has 3 heterocycles. The van der Waals surface area contributed by atoms with Gasteiger partial charge in [0.05, 0.1) is 25.0 Å². The van der Waals surface area contributed by atoms with Crippen LogP contribution in [-0.4, -0.2) is 27.4 Å². The lowest BCUT2D eigenvalue weighted by Gasteiger charge is -2.12. The largest absolute Gasteiger partial charge is 0.496 e. The van der Waals surface area contributed by atoms with Crippen LogP contribution in [0.25, 0.3) is 11.7 Å². The standard InChI is InChI=1S/C19H19ClN4O2/c1-12-10-21-14(13(2)18(12)26-3)11-22-17(25)8-7-15-19(20)23-16-6-4-5-9-24(15)16/h4-10H,11H2,1-3H3,(H,22,25)/b8-7+. The zero-order valence-corrected chi connectivity index (χ0v) is 15.5. The zero-order chi connectivity index (χ0) is 18.7. The molecule has 1 N–H and O–H groups in total. The van der Waals surface area contributed by atoms with Crippen LogP contribution in [-0.2, 0) is 11.3 Å². The molecule has 0 aliphatic carbocycles. The minimum absolute atomic E-state index is 0.243. The number of pyridine rings is 2. The lowest BCUT2D eigenvalue weighted by atomic mass is 10.1. The molecule has 3 aromatic heterocycles. The fraction of sp³-hybridized carbons (Fsp3) is 0.211. The molecule has 0 radical (unpaired) electrons. The van der Waals surface area contributed by atoms with Gasteiger partial charge in [-0.05, 0) is 32.1 Å². The first-order valence-electron chi connectivity index (χ1n) is 8.09. The van der Waals surface area contributed by atoms with Crippen molar-refractivity contribution >= 4 is 29.2 Å². The second kappa shape index (κ2) is 7.58. The number of aromatic nitrogens is 3. The number of nitrogens with one attached hydrogen (secondary N) is 1. The summed E-state index contributed by atoms with van der Waals surface area (Å²) in [5.74, 6) is 0.546. The highest BCUT2D eigenvalue weighted by molar-refractivity contribution is 6.31. The summed E-state index contributed by atoms with van der Waals surface area (Å²) in [4.78, 5) is 20.8. The van der Waals surface area contributed by atoms with Crippen LogP contribution in [0.2, 0.25) is 5.15 Å². The molecule has 0 unspecified atom stereocenters. The highest BCUT2D eigenvalue weighted by atomic mass is 35.5. The number of hydrogen-bond acceptors (Lipinski definition) is 4. The highest BCUT2D eigenvalue weighted by Crippen LogP contribution is 2.23. The number of halogens is 1. The molecule has 0 spiro atoms. The van der Waals surface area contributed by atoms with Gasteiger partial charge in [-0.25, -0.2) is 4.98 Å². The van der Waals surface area contributed by atoms with E-state index in [-0.39, 0.29) is 5.91 Å². The minimum Gasteiger partial charge on any atom is -0.496 e. The van der Waals surface area contributed by atoms with E-state index in [0.29, 0.717) is 17.4 Å². The zero-order valence-electron chi connectivity index (χ0n) is 14.8. The fourth-order valence-corrected chi connectivity index (χ4v) is 3.01. The van der Waals surface area contributed by atoms with E-state index in [1.807, 2.05) is 42.6 Å². The number of carbonyl (C=O) groups is 1. The normalized spacial score (nSPS) is 11.2. The lowest BCUT2D eigenvalue weighted by molar-refractivity contribution is -0.116. The summed E-state index contributed by atoms with van der Waals surface area (Å²) in [5, 5.41) is 3.17. The van der Waals surface area contributed by atoms with Gasteiger partial charge in [0.2, 0.25) is 5.91 Å². The first-order valence-corrected chi connectivity index (χ1v) is 8.46. The van der Waals surface area contributed by atoms with Crippen molar-refractivity contribution in [3.05, 3.63) is 64.3 Å². The van der Waals surface area contributed by atoms with Crippen LogP contribution in [0.3, 0.4) is 0 Å². The van der Waals surface area contributed by atoms with Crippen molar-refractivity contribution < 1.29 is 9.53 Å². The first-order chi connectivity index (χ1) is 12.5. The molecule has 6 nitrogen and oxygen atoms in total. The third-order valence-corrected chi connectivity index (χ3v) is 4.37. The molecule has 7 heteroatoms. The van der Waals surface area contributed by atoms with Crippen LogP contribution < -0.4 is 10.1 Å². The van der Waals surface area contributed by atoms with Crippen LogP contribution in [0, 0.1) is 13.8 Å². The van der Waals surface area contributed by atoms with Crippen molar-refractivity contribution in [2.24, 2.45) is 0 Å². The van der Waals surface area contributed by atoms with E-state index in [0.717, 1.165) is 28.2 Å². The van der Waals surface area contributed by atoms with Crippen molar-refractivity contribution in [3.8, 4) is 5.75 Å². The smallest absolute Gasteiger partial charge is 0.244 e. The Labute approximate surface area is 156 Å². The number of rotatable bonds is 5. The second-order valence-electron chi connectivity index (χ2n) is 5.81. The van der Waals surface area contributed by atoms with E-state index in [4.69, 9.17) is 16.3 Å².